The molecule has 1 saturated carbocycles. The Bertz CT molecular complexity index is 502. The molecule has 0 bridgehead atoms. The van der Waals surface area contributed by atoms with Gasteiger partial charge in [-0.3, -0.25) is 0 Å². The first-order chi connectivity index (χ1) is 10.1. The summed E-state index contributed by atoms with van der Waals surface area (Å²) >= 11 is 0. The Morgan fingerprint density at radius 2 is 2.00 bits per heavy atom. The highest BCUT2D eigenvalue weighted by atomic mass is 16.5. The van der Waals surface area contributed by atoms with Crippen LogP contribution in [0.4, 0.5) is 0 Å². The highest BCUT2D eigenvalue weighted by Crippen LogP contribution is 2.62. The van der Waals surface area contributed by atoms with Crippen LogP contribution in [0.15, 0.2) is 23.3 Å². The van der Waals surface area contributed by atoms with Gasteiger partial charge in [-0.15, -0.1) is 0 Å². The van der Waals surface area contributed by atoms with Crippen molar-refractivity contribution in [2.75, 3.05) is 7.11 Å². The van der Waals surface area contributed by atoms with Crippen molar-refractivity contribution in [1.29, 1.82) is 0 Å². The Kier molecular flexibility index (Phi) is 3.16. The average Bonchev–Trinajstić information content (AvgIpc) is 2.88. The van der Waals surface area contributed by atoms with E-state index in [1.165, 1.54) is 51.4 Å². The van der Waals surface area contributed by atoms with Gasteiger partial charge in [-0.25, -0.2) is 0 Å². The Hall–Kier alpha value is -0.560. The highest BCUT2D eigenvalue weighted by Gasteiger charge is 2.50. The molecule has 0 spiro atoms. The van der Waals surface area contributed by atoms with Crippen molar-refractivity contribution < 1.29 is 4.74 Å². The summed E-state index contributed by atoms with van der Waals surface area (Å²) in [6.07, 6.45) is 16.4. The van der Waals surface area contributed by atoms with Gasteiger partial charge in [-0.05, 0) is 62.2 Å². The van der Waals surface area contributed by atoms with E-state index in [1.54, 1.807) is 0 Å². The molecule has 1 nitrogen and oxygen atoms in total. The molecule has 5 atom stereocenters. The molecule has 2 unspecified atom stereocenters. The van der Waals surface area contributed by atoms with Crippen molar-refractivity contribution in [2.24, 2.45) is 22.7 Å². The van der Waals surface area contributed by atoms with Crippen LogP contribution in [0.25, 0.3) is 0 Å². The second kappa shape index (κ2) is 4.72. The van der Waals surface area contributed by atoms with Crippen molar-refractivity contribution in [3.05, 3.63) is 23.3 Å². The average molecular weight is 286 g/mol. The normalized spacial score (nSPS) is 48.8. The standard InChI is InChI=1S/C20H30O/c1-19-10-4-5-17(19)16-7-6-14-13-15(21-3)8-12-20(14,2)18(16)9-11-19/h8,12,14-15,17H,4-7,9-11,13H2,1-3H3/t14?,15?,17-,19-,20-/m0/s1. The van der Waals surface area contributed by atoms with E-state index in [0.29, 0.717) is 16.9 Å². The van der Waals surface area contributed by atoms with Crippen LogP contribution in [0.1, 0.15) is 65.2 Å². The van der Waals surface area contributed by atoms with Crippen LogP contribution in [-0.4, -0.2) is 13.2 Å². The highest BCUT2D eigenvalue weighted by molar-refractivity contribution is 5.37. The molecule has 0 amide bonds. The SMILES string of the molecule is COC1C=C[C@]2(C)C3=C(CCC2C1)[C@@H]1CCC[C@@]1(C)CC3. The van der Waals surface area contributed by atoms with Crippen LogP contribution in [0.2, 0.25) is 0 Å². The number of hydrogen-bond acceptors (Lipinski definition) is 1. The lowest BCUT2D eigenvalue weighted by Crippen LogP contribution is -2.42. The second-order valence-corrected chi connectivity index (χ2v) is 8.49. The molecule has 0 aromatic rings. The molecule has 0 radical (unpaired) electrons. The maximum atomic E-state index is 5.60. The van der Waals surface area contributed by atoms with Gasteiger partial charge in [0.1, 0.15) is 0 Å². The summed E-state index contributed by atoms with van der Waals surface area (Å²) < 4.78 is 5.60. The Morgan fingerprint density at radius 3 is 2.81 bits per heavy atom. The van der Waals surface area contributed by atoms with Gasteiger partial charge in [0.15, 0.2) is 0 Å². The van der Waals surface area contributed by atoms with Crippen molar-refractivity contribution in [1.82, 2.24) is 0 Å². The molecular weight excluding hydrogens is 256 g/mol. The van der Waals surface area contributed by atoms with E-state index in [4.69, 9.17) is 4.74 Å². The molecule has 0 N–H and O–H groups in total. The summed E-state index contributed by atoms with van der Waals surface area (Å²) in [5.41, 5.74) is 4.71. The van der Waals surface area contributed by atoms with E-state index >= 15 is 0 Å². The van der Waals surface area contributed by atoms with Crippen LogP contribution < -0.4 is 0 Å². The molecule has 0 aromatic carbocycles. The fourth-order valence-electron chi connectivity index (χ4n) is 6.16. The Balaban J connectivity index is 1.74. The maximum Gasteiger partial charge on any atom is 0.0755 e. The third kappa shape index (κ3) is 1.92. The molecular formula is C20H30O. The zero-order valence-corrected chi connectivity index (χ0v) is 14.0. The van der Waals surface area contributed by atoms with Gasteiger partial charge in [-0.2, -0.15) is 0 Å². The minimum Gasteiger partial charge on any atom is -0.377 e. The maximum absolute atomic E-state index is 5.60. The zero-order valence-electron chi connectivity index (χ0n) is 14.0. The fourth-order valence-corrected chi connectivity index (χ4v) is 6.16. The Morgan fingerprint density at radius 1 is 1.14 bits per heavy atom. The molecule has 1 fully saturated rings. The van der Waals surface area contributed by atoms with E-state index in [9.17, 15) is 0 Å². The van der Waals surface area contributed by atoms with E-state index in [0.717, 1.165) is 11.8 Å². The number of allylic oxidation sites excluding steroid dienone is 3. The lowest BCUT2D eigenvalue weighted by molar-refractivity contribution is 0.0719. The zero-order chi connectivity index (χ0) is 14.7. The lowest BCUT2D eigenvalue weighted by atomic mass is 9.53. The summed E-state index contributed by atoms with van der Waals surface area (Å²) in [5, 5.41) is 0. The van der Waals surface area contributed by atoms with Crippen molar-refractivity contribution in [3.8, 4) is 0 Å². The monoisotopic (exact) mass is 286 g/mol. The van der Waals surface area contributed by atoms with Gasteiger partial charge in [-0.1, -0.05) is 43.6 Å². The van der Waals surface area contributed by atoms with Crippen LogP contribution in [0.5, 0.6) is 0 Å². The third-order valence-corrected chi connectivity index (χ3v) is 7.57. The molecule has 0 saturated heterocycles. The summed E-state index contributed by atoms with van der Waals surface area (Å²) in [6.45, 7) is 5.09. The summed E-state index contributed by atoms with van der Waals surface area (Å²) in [7, 11) is 1.86. The second-order valence-electron chi connectivity index (χ2n) is 8.49. The van der Waals surface area contributed by atoms with Crippen LogP contribution in [0.3, 0.4) is 0 Å². The van der Waals surface area contributed by atoms with Crippen LogP contribution >= 0.6 is 0 Å². The van der Waals surface area contributed by atoms with Gasteiger partial charge in [0, 0.05) is 12.5 Å². The third-order valence-electron chi connectivity index (χ3n) is 7.57. The van der Waals surface area contributed by atoms with Gasteiger partial charge in [0.2, 0.25) is 0 Å². The molecule has 1 heteroatoms. The predicted molar refractivity (Wildman–Crippen MR) is 87.1 cm³/mol. The van der Waals surface area contributed by atoms with E-state index in [1.807, 2.05) is 18.3 Å². The van der Waals surface area contributed by atoms with Gasteiger partial charge < -0.3 is 4.74 Å². The van der Waals surface area contributed by atoms with Gasteiger partial charge in [0.25, 0.3) is 0 Å². The molecule has 4 aliphatic rings. The number of methoxy groups -OCH3 is 1. The molecule has 0 heterocycles. The number of ether oxygens (including phenoxy) is 1. The first kappa shape index (κ1) is 14.1. The fraction of sp³-hybridized carbons (Fsp3) is 0.800. The van der Waals surface area contributed by atoms with E-state index < -0.39 is 0 Å². The van der Waals surface area contributed by atoms with E-state index in [-0.39, 0.29) is 0 Å². The summed E-state index contributed by atoms with van der Waals surface area (Å²) in [4.78, 5) is 0. The van der Waals surface area contributed by atoms with Gasteiger partial charge in [0.05, 0.1) is 6.10 Å². The molecule has 4 aliphatic carbocycles. The van der Waals surface area contributed by atoms with Crippen molar-refractivity contribution in [2.45, 2.75) is 71.3 Å². The van der Waals surface area contributed by atoms with Crippen molar-refractivity contribution in [3.63, 3.8) is 0 Å². The molecule has 4 rings (SSSR count). The Labute approximate surface area is 129 Å². The van der Waals surface area contributed by atoms with Gasteiger partial charge >= 0.3 is 0 Å². The first-order valence-corrected chi connectivity index (χ1v) is 9.01. The van der Waals surface area contributed by atoms with E-state index in [2.05, 4.69) is 26.0 Å². The molecule has 116 valence electrons. The number of hydrogen-bond donors (Lipinski definition) is 0. The summed E-state index contributed by atoms with van der Waals surface area (Å²) in [5.74, 6) is 1.71. The van der Waals surface area contributed by atoms with Crippen molar-refractivity contribution >= 4 is 0 Å². The van der Waals surface area contributed by atoms with Crippen LogP contribution in [0, 0.1) is 22.7 Å². The minimum absolute atomic E-state index is 0.340. The molecule has 0 aliphatic heterocycles. The summed E-state index contributed by atoms with van der Waals surface area (Å²) in [6, 6.07) is 0. The lowest BCUT2D eigenvalue weighted by Gasteiger charge is -2.52. The minimum atomic E-state index is 0.340. The number of rotatable bonds is 1. The first-order valence-electron chi connectivity index (χ1n) is 9.01. The molecule has 21 heavy (non-hydrogen) atoms. The number of fused-ring (bicyclic) bond motifs is 4. The smallest absolute Gasteiger partial charge is 0.0755 e. The van der Waals surface area contributed by atoms with Crippen LogP contribution in [-0.2, 0) is 4.74 Å². The quantitative estimate of drug-likeness (QED) is 0.596. The largest absolute Gasteiger partial charge is 0.377 e. The topological polar surface area (TPSA) is 9.23 Å². The predicted octanol–water partition coefficient (Wildman–Crippen LogP) is 5.27. The molecule has 0 aromatic heterocycles.